The molecule has 3 nitrogen and oxygen atoms in total. The fraction of sp³-hybridized carbons (Fsp3) is 0.667. The van der Waals surface area contributed by atoms with Crippen LogP contribution in [0.1, 0.15) is 49.8 Å². The zero-order valence-corrected chi connectivity index (χ0v) is 12.4. The highest BCUT2D eigenvalue weighted by Gasteiger charge is 2.55. The number of carbonyl (C=O) groups excluding carboxylic acids is 1. The Morgan fingerprint density at radius 1 is 1.10 bits per heavy atom. The summed E-state index contributed by atoms with van der Waals surface area (Å²) in [5.41, 5.74) is 2.35. The van der Waals surface area contributed by atoms with Gasteiger partial charge in [-0.15, -0.1) is 0 Å². The lowest BCUT2D eigenvalue weighted by Crippen LogP contribution is -2.53. The van der Waals surface area contributed by atoms with Crippen LogP contribution in [-0.2, 0) is 17.9 Å². The summed E-state index contributed by atoms with van der Waals surface area (Å²) in [7, 11) is 0. The van der Waals surface area contributed by atoms with E-state index < -0.39 is 0 Å². The van der Waals surface area contributed by atoms with Crippen molar-refractivity contribution in [2.24, 2.45) is 23.2 Å². The van der Waals surface area contributed by atoms with Gasteiger partial charge in [-0.1, -0.05) is 6.07 Å². The van der Waals surface area contributed by atoms with Gasteiger partial charge in [-0.25, -0.2) is 0 Å². The Hall–Kier alpha value is -1.38. The molecule has 0 unspecified atom stereocenters. The van der Waals surface area contributed by atoms with Gasteiger partial charge in [0.2, 0.25) is 5.91 Å². The van der Waals surface area contributed by atoms with E-state index in [0.29, 0.717) is 5.91 Å². The molecule has 4 bridgehead atoms. The van der Waals surface area contributed by atoms with Gasteiger partial charge >= 0.3 is 0 Å². The molecule has 4 fully saturated rings. The summed E-state index contributed by atoms with van der Waals surface area (Å²) in [6.07, 6.45) is 9.53. The third-order valence-electron chi connectivity index (χ3n) is 6.47. The summed E-state index contributed by atoms with van der Waals surface area (Å²) in [6, 6.07) is 4.10. The Labute approximate surface area is 125 Å². The van der Waals surface area contributed by atoms with Crippen molar-refractivity contribution in [1.29, 1.82) is 0 Å². The van der Waals surface area contributed by atoms with Gasteiger partial charge in [0.1, 0.15) is 0 Å². The van der Waals surface area contributed by atoms with E-state index in [-0.39, 0.29) is 5.41 Å². The zero-order chi connectivity index (χ0) is 14.0. The van der Waals surface area contributed by atoms with Crippen LogP contribution < -0.4 is 0 Å². The van der Waals surface area contributed by atoms with Crippen LogP contribution in [0.25, 0.3) is 0 Å². The molecule has 21 heavy (non-hydrogen) atoms. The fourth-order valence-electron chi connectivity index (χ4n) is 6.05. The molecular weight excluding hydrogens is 260 g/mol. The number of nitrogens with zero attached hydrogens (tertiary/aromatic N) is 2. The van der Waals surface area contributed by atoms with E-state index in [1.165, 1.54) is 44.1 Å². The molecule has 1 aromatic heterocycles. The Kier molecular flexibility index (Phi) is 2.37. The minimum Gasteiger partial charge on any atom is -0.332 e. The van der Waals surface area contributed by atoms with E-state index in [4.69, 9.17) is 0 Å². The summed E-state index contributed by atoms with van der Waals surface area (Å²) in [4.78, 5) is 19.8. The van der Waals surface area contributed by atoms with E-state index in [1.807, 2.05) is 12.3 Å². The second-order valence-corrected chi connectivity index (χ2v) is 7.97. The van der Waals surface area contributed by atoms with Crippen LogP contribution in [0.4, 0.5) is 0 Å². The highest BCUT2D eigenvalue weighted by Crippen LogP contribution is 2.60. The van der Waals surface area contributed by atoms with Crippen LogP contribution >= 0.6 is 0 Å². The molecule has 4 saturated carbocycles. The number of carbonyl (C=O) groups is 1. The lowest BCUT2D eigenvalue weighted by atomic mass is 9.49. The summed E-state index contributed by atoms with van der Waals surface area (Å²) in [5.74, 6) is 2.95. The first kappa shape index (κ1) is 12.2. The van der Waals surface area contributed by atoms with E-state index in [9.17, 15) is 4.79 Å². The second-order valence-electron chi connectivity index (χ2n) is 7.97. The number of aromatic nitrogens is 1. The van der Waals surface area contributed by atoms with Gasteiger partial charge in [-0.05, 0) is 67.9 Å². The standard InChI is InChI=1S/C18H22N2O/c21-17(20-10-15-2-1-3-19-16(15)11-20)18-7-12-4-13(8-18)6-14(5-12)9-18/h1-3,12-14H,4-11H2. The van der Waals surface area contributed by atoms with Gasteiger partial charge in [0, 0.05) is 12.7 Å². The van der Waals surface area contributed by atoms with Gasteiger partial charge in [0.05, 0.1) is 17.7 Å². The number of amides is 1. The minimum atomic E-state index is -0.00318. The first-order valence-corrected chi connectivity index (χ1v) is 8.44. The molecule has 0 atom stereocenters. The lowest BCUT2D eigenvalue weighted by molar-refractivity contribution is -0.158. The quantitative estimate of drug-likeness (QED) is 0.793. The van der Waals surface area contributed by atoms with E-state index in [2.05, 4.69) is 16.0 Å². The number of fused-ring (bicyclic) bond motifs is 1. The highest BCUT2D eigenvalue weighted by molar-refractivity contribution is 5.83. The molecule has 1 aromatic rings. The van der Waals surface area contributed by atoms with Crippen molar-refractivity contribution in [2.75, 3.05) is 0 Å². The predicted octanol–water partition coefficient (Wildman–Crippen LogP) is 3.14. The van der Waals surface area contributed by atoms with Crippen LogP contribution in [-0.4, -0.2) is 15.8 Å². The zero-order valence-electron chi connectivity index (χ0n) is 12.4. The normalized spacial score (nSPS) is 39.6. The maximum absolute atomic E-state index is 13.3. The molecule has 0 radical (unpaired) electrons. The van der Waals surface area contributed by atoms with Crippen LogP contribution in [0.15, 0.2) is 18.3 Å². The number of hydrogen-bond acceptors (Lipinski definition) is 2. The van der Waals surface area contributed by atoms with Crippen molar-refractivity contribution < 1.29 is 4.79 Å². The largest absolute Gasteiger partial charge is 0.332 e. The van der Waals surface area contributed by atoms with Gasteiger partial charge in [-0.2, -0.15) is 0 Å². The molecule has 0 saturated heterocycles. The first-order valence-electron chi connectivity index (χ1n) is 8.44. The SMILES string of the molecule is O=C(N1Cc2cccnc2C1)C12CC3CC(CC(C3)C1)C2. The van der Waals surface area contributed by atoms with E-state index in [1.54, 1.807) is 0 Å². The maximum Gasteiger partial charge on any atom is 0.229 e. The Morgan fingerprint density at radius 2 is 1.76 bits per heavy atom. The third kappa shape index (κ3) is 1.72. The Bertz CT molecular complexity index is 549. The lowest BCUT2D eigenvalue weighted by Gasteiger charge is -2.56. The fourth-order valence-corrected chi connectivity index (χ4v) is 6.05. The average molecular weight is 282 g/mol. The third-order valence-corrected chi connectivity index (χ3v) is 6.47. The second kappa shape index (κ2) is 4.08. The van der Waals surface area contributed by atoms with Crippen molar-refractivity contribution in [3.05, 3.63) is 29.6 Å². The number of hydrogen-bond donors (Lipinski definition) is 0. The van der Waals surface area contributed by atoms with Crippen LogP contribution in [0.5, 0.6) is 0 Å². The van der Waals surface area contributed by atoms with E-state index >= 15 is 0 Å². The van der Waals surface area contributed by atoms with Crippen molar-refractivity contribution in [3.63, 3.8) is 0 Å². The molecular formula is C18H22N2O. The Balaban J connectivity index is 1.43. The maximum atomic E-state index is 13.3. The molecule has 0 N–H and O–H groups in total. The summed E-state index contributed by atoms with van der Waals surface area (Å²) < 4.78 is 0. The van der Waals surface area contributed by atoms with Gasteiger partial charge in [0.25, 0.3) is 0 Å². The van der Waals surface area contributed by atoms with Crippen molar-refractivity contribution in [2.45, 2.75) is 51.6 Å². The number of rotatable bonds is 1. The van der Waals surface area contributed by atoms with Crippen LogP contribution in [0.3, 0.4) is 0 Å². The van der Waals surface area contributed by atoms with Crippen LogP contribution in [0, 0.1) is 23.2 Å². The van der Waals surface area contributed by atoms with E-state index in [0.717, 1.165) is 36.5 Å². The minimum absolute atomic E-state index is 0.00318. The number of pyridine rings is 1. The van der Waals surface area contributed by atoms with Gasteiger partial charge in [0.15, 0.2) is 0 Å². The highest BCUT2D eigenvalue weighted by atomic mass is 16.2. The Morgan fingerprint density at radius 3 is 2.38 bits per heavy atom. The predicted molar refractivity (Wildman–Crippen MR) is 79.1 cm³/mol. The average Bonchev–Trinajstić information content (AvgIpc) is 2.88. The molecule has 4 aliphatic carbocycles. The van der Waals surface area contributed by atoms with Gasteiger partial charge < -0.3 is 4.90 Å². The molecule has 1 amide bonds. The molecule has 0 spiro atoms. The first-order chi connectivity index (χ1) is 10.2. The molecule has 110 valence electrons. The molecule has 6 rings (SSSR count). The molecule has 1 aliphatic heterocycles. The monoisotopic (exact) mass is 282 g/mol. The van der Waals surface area contributed by atoms with Crippen molar-refractivity contribution >= 4 is 5.91 Å². The van der Waals surface area contributed by atoms with Crippen LogP contribution in [0.2, 0.25) is 0 Å². The van der Waals surface area contributed by atoms with Crippen molar-refractivity contribution in [3.8, 4) is 0 Å². The topological polar surface area (TPSA) is 33.2 Å². The summed E-state index contributed by atoms with van der Waals surface area (Å²) in [5, 5.41) is 0. The van der Waals surface area contributed by atoms with Gasteiger partial charge in [-0.3, -0.25) is 9.78 Å². The molecule has 5 aliphatic rings. The summed E-state index contributed by atoms with van der Waals surface area (Å²) >= 11 is 0. The molecule has 0 aromatic carbocycles. The molecule has 2 heterocycles. The molecule has 3 heteroatoms. The smallest absolute Gasteiger partial charge is 0.229 e. The van der Waals surface area contributed by atoms with Crippen molar-refractivity contribution in [1.82, 2.24) is 9.88 Å². The summed E-state index contributed by atoms with van der Waals surface area (Å²) in [6.45, 7) is 1.51.